The Balaban J connectivity index is 1.12. The van der Waals surface area contributed by atoms with Crippen molar-refractivity contribution < 1.29 is 19.1 Å². The highest BCUT2D eigenvalue weighted by atomic mass is 16.6. The molecular weight excluding hydrogens is 484 g/mol. The molecule has 1 spiro atoms. The average Bonchev–Trinajstić information content (AvgIpc) is 2.78. The molecule has 10 heteroatoms. The van der Waals surface area contributed by atoms with Gasteiger partial charge < -0.3 is 19.7 Å². The van der Waals surface area contributed by atoms with Crippen LogP contribution in [0.2, 0.25) is 0 Å². The number of hydrogen-bond donors (Lipinski definition) is 1. The van der Waals surface area contributed by atoms with Crippen molar-refractivity contribution in [2.24, 2.45) is 5.41 Å². The van der Waals surface area contributed by atoms with Gasteiger partial charge in [-0.1, -0.05) is 24.3 Å². The Labute approximate surface area is 224 Å². The molecule has 5 rings (SSSR count). The Hall–Kier alpha value is -3.40. The lowest BCUT2D eigenvalue weighted by atomic mass is 9.73. The standard InChI is InChI=1S/C28H38N6O4/c1-18(2)34-23-22(13-37-26(34)36)11-29-24(31-23)30-19(3)21-9-7-20(8-10-21)12-32-14-28(15-32)16-33(17-28)25(35)38-27(4,5)6/h7-11,18-19H,12-17H2,1-6H3,(H,29,30,31). The maximum Gasteiger partial charge on any atom is 0.416 e. The van der Waals surface area contributed by atoms with Crippen LogP contribution in [0, 0.1) is 5.41 Å². The van der Waals surface area contributed by atoms with Gasteiger partial charge in [0.05, 0.1) is 11.6 Å². The first-order valence-corrected chi connectivity index (χ1v) is 13.3. The molecular formula is C28H38N6O4. The van der Waals surface area contributed by atoms with Crippen LogP contribution in [-0.2, 0) is 22.6 Å². The third-order valence-electron chi connectivity index (χ3n) is 7.19. The van der Waals surface area contributed by atoms with E-state index in [4.69, 9.17) is 9.47 Å². The van der Waals surface area contributed by atoms with Crippen LogP contribution >= 0.6 is 0 Å². The molecule has 0 radical (unpaired) electrons. The van der Waals surface area contributed by atoms with Gasteiger partial charge in [-0.05, 0) is 52.7 Å². The molecule has 1 aromatic carbocycles. The van der Waals surface area contributed by atoms with E-state index in [2.05, 4.69) is 51.4 Å². The quantitative estimate of drug-likeness (QED) is 0.589. The Morgan fingerprint density at radius 3 is 2.45 bits per heavy atom. The third kappa shape index (κ3) is 5.41. The number of rotatable bonds is 6. The van der Waals surface area contributed by atoms with Gasteiger partial charge in [-0.25, -0.2) is 14.6 Å². The maximum atomic E-state index is 12.2. The van der Waals surface area contributed by atoms with E-state index in [0.29, 0.717) is 11.8 Å². The van der Waals surface area contributed by atoms with Gasteiger partial charge in [-0.15, -0.1) is 0 Å². The number of cyclic esters (lactones) is 1. The maximum absolute atomic E-state index is 12.2. The van der Waals surface area contributed by atoms with E-state index in [0.717, 1.165) is 43.9 Å². The zero-order valence-electron chi connectivity index (χ0n) is 23.2. The molecule has 1 N–H and O–H groups in total. The van der Waals surface area contributed by atoms with E-state index in [1.807, 2.05) is 39.5 Å². The lowest BCUT2D eigenvalue weighted by Crippen LogP contribution is -2.72. The number of nitrogens with zero attached hydrogens (tertiary/aromatic N) is 5. The molecule has 1 unspecified atom stereocenters. The topological polar surface area (TPSA) is 100 Å². The van der Waals surface area contributed by atoms with Gasteiger partial charge in [-0.3, -0.25) is 9.80 Å². The van der Waals surface area contributed by atoms with E-state index in [1.54, 1.807) is 11.1 Å². The Morgan fingerprint density at radius 2 is 1.82 bits per heavy atom. The van der Waals surface area contributed by atoms with Crippen LogP contribution in [0.1, 0.15) is 64.3 Å². The van der Waals surface area contributed by atoms with E-state index in [-0.39, 0.29) is 36.3 Å². The van der Waals surface area contributed by atoms with Gasteiger partial charge in [-0.2, -0.15) is 4.98 Å². The van der Waals surface area contributed by atoms with Gasteiger partial charge in [0.15, 0.2) is 0 Å². The van der Waals surface area contributed by atoms with Crippen LogP contribution in [0.3, 0.4) is 0 Å². The number of fused-ring (bicyclic) bond motifs is 1. The number of hydrogen-bond acceptors (Lipinski definition) is 8. The summed E-state index contributed by atoms with van der Waals surface area (Å²) in [6, 6.07) is 8.51. The number of carbonyl (C=O) groups is 2. The molecule has 3 aliphatic heterocycles. The zero-order valence-corrected chi connectivity index (χ0v) is 23.2. The lowest BCUT2D eigenvalue weighted by molar-refractivity contribution is -0.115. The smallest absolute Gasteiger partial charge is 0.416 e. The predicted octanol–water partition coefficient (Wildman–Crippen LogP) is 4.57. The van der Waals surface area contributed by atoms with Crippen LogP contribution in [0.25, 0.3) is 0 Å². The van der Waals surface area contributed by atoms with Crippen LogP contribution in [0.5, 0.6) is 0 Å². The molecule has 204 valence electrons. The van der Waals surface area contributed by atoms with Crippen LogP contribution in [0.15, 0.2) is 30.5 Å². The summed E-state index contributed by atoms with van der Waals surface area (Å²) in [6.45, 7) is 16.3. The van der Waals surface area contributed by atoms with E-state index in [9.17, 15) is 9.59 Å². The predicted molar refractivity (Wildman–Crippen MR) is 144 cm³/mol. The van der Waals surface area contributed by atoms with Crippen molar-refractivity contribution in [3.63, 3.8) is 0 Å². The van der Waals surface area contributed by atoms with Gasteiger partial charge in [0.25, 0.3) is 0 Å². The summed E-state index contributed by atoms with van der Waals surface area (Å²) in [5.74, 6) is 1.08. The number of amides is 2. The minimum atomic E-state index is -0.455. The van der Waals surface area contributed by atoms with Gasteiger partial charge in [0.1, 0.15) is 18.0 Å². The molecule has 3 aliphatic rings. The SMILES string of the molecule is CC(Nc1ncc2c(n1)N(C(C)C)C(=O)OC2)c1ccc(CN2CC3(C2)CN(C(=O)OC(C)(C)C)C3)cc1. The number of nitrogens with one attached hydrogen (secondary N) is 1. The minimum absolute atomic E-state index is 0.00812. The van der Waals surface area contributed by atoms with Crippen molar-refractivity contribution in [3.8, 4) is 0 Å². The molecule has 0 bridgehead atoms. The van der Waals surface area contributed by atoms with Crippen molar-refractivity contribution in [2.75, 3.05) is 36.4 Å². The fraction of sp³-hybridized carbons (Fsp3) is 0.571. The minimum Gasteiger partial charge on any atom is -0.444 e. The third-order valence-corrected chi connectivity index (χ3v) is 7.19. The molecule has 0 saturated carbocycles. The Kier molecular flexibility index (Phi) is 6.71. The van der Waals surface area contributed by atoms with Crippen molar-refractivity contribution >= 4 is 24.0 Å². The summed E-state index contributed by atoms with van der Waals surface area (Å²) in [7, 11) is 0. The van der Waals surface area contributed by atoms with Crippen molar-refractivity contribution in [2.45, 2.75) is 72.4 Å². The molecule has 1 atom stereocenters. The van der Waals surface area contributed by atoms with E-state index in [1.165, 1.54) is 5.56 Å². The molecule has 0 aliphatic carbocycles. The fourth-order valence-corrected chi connectivity index (χ4v) is 5.41. The molecule has 1 aromatic heterocycles. The average molecular weight is 523 g/mol. The van der Waals surface area contributed by atoms with Gasteiger partial charge >= 0.3 is 12.2 Å². The second kappa shape index (κ2) is 9.72. The first kappa shape index (κ1) is 26.2. The summed E-state index contributed by atoms with van der Waals surface area (Å²) in [5.41, 5.74) is 2.96. The van der Waals surface area contributed by atoms with E-state index >= 15 is 0 Å². The number of carbonyl (C=O) groups excluding carboxylic acids is 2. The highest BCUT2D eigenvalue weighted by molar-refractivity contribution is 5.89. The van der Waals surface area contributed by atoms with Crippen LogP contribution < -0.4 is 10.2 Å². The van der Waals surface area contributed by atoms with Gasteiger partial charge in [0.2, 0.25) is 5.95 Å². The summed E-state index contributed by atoms with van der Waals surface area (Å²) in [6.07, 6.45) is 1.13. The second-order valence-corrected chi connectivity index (χ2v) is 12.1. The molecule has 4 heterocycles. The number of ether oxygens (including phenoxy) is 2. The van der Waals surface area contributed by atoms with Gasteiger partial charge in [0, 0.05) is 50.4 Å². The summed E-state index contributed by atoms with van der Waals surface area (Å²) >= 11 is 0. The number of anilines is 2. The van der Waals surface area contributed by atoms with Crippen molar-refractivity contribution in [1.29, 1.82) is 0 Å². The summed E-state index contributed by atoms with van der Waals surface area (Å²) in [4.78, 5) is 39.3. The zero-order chi connectivity index (χ0) is 27.2. The highest BCUT2D eigenvalue weighted by Crippen LogP contribution is 2.41. The Bertz CT molecular complexity index is 1190. The second-order valence-electron chi connectivity index (χ2n) is 12.1. The molecule has 2 amide bonds. The molecule has 2 fully saturated rings. The van der Waals surface area contributed by atoms with Crippen LogP contribution in [-0.4, -0.2) is 69.8 Å². The molecule has 10 nitrogen and oxygen atoms in total. The number of benzene rings is 1. The van der Waals surface area contributed by atoms with Crippen molar-refractivity contribution in [3.05, 3.63) is 47.2 Å². The number of likely N-dealkylation sites (tertiary alicyclic amines) is 2. The normalized spacial score (nSPS) is 19.4. The van der Waals surface area contributed by atoms with E-state index < -0.39 is 5.60 Å². The molecule has 2 aromatic rings. The van der Waals surface area contributed by atoms with Crippen LogP contribution in [0.4, 0.5) is 21.4 Å². The number of aromatic nitrogens is 2. The fourth-order valence-electron chi connectivity index (χ4n) is 5.41. The lowest BCUT2D eigenvalue weighted by Gasteiger charge is -2.60. The largest absolute Gasteiger partial charge is 0.444 e. The summed E-state index contributed by atoms with van der Waals surface area (Å²) < 4.78 is 10.7. The first-order chi connectivity index (χ1) is 17.9. The molecule has 2 saturated heterocycles. The first-order valence-electron chi connectivity index (χ1n) is 13.3. The monoisotopic (exact) mass is 522 g/mol. The summed E-state index contributed by atoms with van der Waals surface area (Å²) in [5, 5.41) is 3.36. The van der Waals surface area contributed by atoms with Crippen molar-refractivity contribution in [1.82, 2.24) is 19.8 Å². The molecule has 38 heavy (non-hydrogen) atoms. The highest BCUT2D eigenvalue weighted by Gasteiger charge is 2.53. The Morgan fingerprint density at radius 1 is 1.13 bits per heavy atom.